The van der Waals surface area contributed by atoms with Gasteiger partial charge < -0.3 is 4.90 Å². The Balaban J connectivity index is 1.63. The van der Waals surface area contributed by atoms with E-state index in [0.29, 0.717) is 24.3 Å². The van der Waals surface area contributed by atoms with Gasteiger partial charge in [0.25, 0.3) is 0 Å². The van der Waals surface area contributed by atoms with Gasteiger partial charge in [-0.3, -0.25) is 14.3 Å². The minimum atomic E-state index is -0.236. The zero-order chi connectivity index (χ0) is 20.4. The van der Waals surface area contributed by atoms with E-state index in [1.807, 2.05) is 42.2 Å². The number of carbonyl (C=O) groups excluding carboxylic acids is 1. The predicted molar refractivity (Wildman–Crippen MR) is 113 cm³/mol. The van der Waals surface area contributed by atoms with Crippen LogP contribution in [0.25, 0.3) is 16.9 Å². The zero-order valence-electron chi connectivity index (χ0n) is 17.0. The van der Waals surface area contributed by atoms with E-state index in [9.17, 15) is 9.59 Å². The Labute approximate surface area is 170 Å². The maximum absolute atomic E-state index is 13.2. The van der Waals surface area contributed by atoms with E-state index in [4.69, 9.17) is 0 Å². The third-order valence-corrected chi connectivity index (χ3v) is 5.54. The maximum Gasteiger partial charge on any atom is 0.335 e. The second-order valence-corrected chi connectivity index (χ2v) is 7.61. The van der Waals surface area contributed by atoms with Gasteiger partial charge in [0.15, 0.2) is 5.65 Å². The van der Waals surface area contributed by atoms with E-state index < -0.39 is 0 Å². The molecule has 0 aliphatic carbocycles. The number of hydrogen-bond donors (Lipinski definition) is 0. The summed E-state index contributed by atoms with van der Waals surface area (Å²) in [4.78, 5) is 34.8. The highest BCUT2D eigenvalue weighted by Gasteiger charge is 2.23. The Morgan fingerprint density at radius 1 is 1.07 bits per heavy atom. The number of carbonyl (C=O) groups is 1. The molecular formula is C22H27N5O2. The van der Waals surface area contributed by atoms with Gasteiger partial charge in [-0.1, -0.05) is 24.6 Å². The highest BCUT2D eigenvalue weighted by Crippen LogP contribution is 2.16. The number of imidazole rings is 1. The summed E-state index contributed by atoms with van der Waals surface area (Å²) in [6, 6.07) is 11.4. The SMILES string of the molecule is CCCN1CCN(C(=O)Cn2c(=O)n(-c3ccc(C)cc3)c3ncccc32)CC1. The zero-order valence-corrected chi connectivity index (χ0v) is 17.0. The molecule has 0 saturated carbocycles. The second-order valence-electron chi connectivity index (χ2n) is 7.61. The first kappa shape index (κ1) is 19.4. The lowest BCUT2D eigenvalue weighted by Crippen LogP contribution is -2.50. The van der Waals surface area contributed by atoms with Crippen LogP contribution in [-0.2, 0) is 11.3 Å². The lowest BCUT2D eigenvalue weighted by molar-refractivity contribution is -0.133. The Hall–Kier alpha value is -2.93. The van der Waals surface area contributed by atoms with Crippen LogP contribution in [0.5, 0.6) is 0 Å². The van der Waals surface area contributed by atoms with Crippen LogP contribution >= 0.6 is 0 Å². The van der Waals surface area contributed by atoms with Gasteiger partial charge in [0.2, 0.25) is 5.91 Å². The van der Waals surface area contributed by atoms with Crippen molar-refractivity contribution in [2.75, 3.05) is 32.7 Å². The third-order valence-electron chi connectivity index (χ3n) is 5.54. The van der Waals surface area contributed by atoms with Crippen molar-refractivity contribution in [3.05, 3.63) is 58.6 Å². The Morgan fingerprint density at radius 3 is 2.48 bits per heavy atom. The number of rotatable bonds is 5. The van der Waals surface area contributed by atoms with Crippen LogP contribution in [-0.4, -0.2) is 62.5 Å². The number of pyridine rings is 1. The van der Waals surface area contributed by atoms with Crippen LogP contribution < -0.4 is 5.69 Å². The molecule has 1 aliphatic heterocycles. The monoisotopic (exact) mass is 393 g/mol. The summed E-state index contributed by atoms with van der Waals surface area (Å²) in [5.74, 6) is -0.0185. The molecule has 1 aliphatic rings. The highest BCUT2D eigenvalue weighted by molar-refractivity contribution is 5.80. The minimum Gasteiger partial charge on any atom is -0.339 e. The van der Waals surface area contributed by atoms with E-state index >= 15 is 0 Å². The first-order chi connectivity index (χ1) is 14.1. The molecule has 4 rings (SSSR count). The average Bonchev–Trinajstić information content (AvgIpc) is 3.01. The van der Waals surface area contributed by atoms with Gasteiger partial charge in [0, 0.05) is 32.4 Å². The number of piperazine rings is 1. The molecule has 29 heavy (non-hydrogen) atoms. The predicted octanol–water partition coefficient (Wildman–Crippen LogP) is 2.05. The molecule has 1 aromatic carbocycles. The van der Waals surface area contributed by atoms with Crippen LogP contribution in [0.2, 0.25) is 0 Å². The normalized spacial score (nSPS) is 15.2. The molecule has 0 radical (unpaired) electrons. The topological polar surface area (TPSA) is 63.4 Å². The quantitative estimate of drug-likeness (QED) is 0.666. The van der Waals surface area contributed by atoms with Crippen LogP contribution in [0.3, 0.4) is 0 Å². The summed E-state index contributed by atoms with van der Waals surface area (Å²) in [5, 5.41) is 0. The lowest BCUT2D eigenvalue weighted by Gasteiger charge is -2.34. The molecule has 152 valence electrons. The Kier molecular flexibility index (Phi) is 5.49. The number of hydrogen-bond acceptors (Lipinski definition) is 4. The number of benzene rings is 1. The van der Waals surface area contributed by atoms with Gasteiger partial charge in [0.1, 0.15) is 6.54 Å². The van der Waals surface area contributed by atoms with Crippen molar-refractivity contribution in [1.82, 2.24) is 23.9 Å². The van der Waals surface area contributed by atoms with Gasteiger partial charge in [-0.25, -0.2) is 14.3 Å². The van der Waals surface area contributed by atoms with Crippen LogP contribution in [0.15, 0.2) is 47.4 Å². The lowest BCUT2D eigenvalue weighted by atomic mass is 10.2. The number of aryl methyl sites for hydroxylation is 1. The molecule has 0 atom stereocenters. The van der Waals surface area contributed by atoms with Gasteiger partial charge >= 0.3 is 5.69 Å². The fourth-order valence-electron chi connectivity index (χ4n) is 3.94. The molecule has 3 heterocycles. The largest absolute Gasteiger partial charge is 0.339 e. The van der Waals surface area contributed by atoms with Crippen LogP contribution in [0, 0.1) is 6.92 Å². The number of aromatic nitrogens is 3. The number of amides is 1. The number of nitrogens with zero attached hydrogens (tertiary/aromatic N) is 5. The van der Waals surface area contributed by atoms with E-state index in [0.717, 1.165) is 37.3 Å². The molecule has 2 aromatic heterocycles. The standard InChI is InChI=1S/C22H27N5O2/c1-3-11-24-12-14-25(15-13-24)20(28)16-26-19-5-4-10-23-21(19)27(22(26)29)18-8-6-17(2)7-9-18/h4-10H,3,11-16H2,1-2H3. The molecule has 3 aromatic rings. The first-order valence-electron chi connectivity index (χ1n) is 10.2. The highest BCUT2D eigenvalue weighted by atomic mass is 16.2. The molecular weight excluding hydrogens is 366 g/mol. The average molecular weight is 393 g/mol. The summed E-state index contributed by atoms with van der Waals surface area (Å²) in [5.41, 5.74) is 2.89. The van der Waals surface area contributed by atoms with Gasteiger partial charge in [-0.15, -0.1) is 0 Å². The summed E-state index contributed by atoms with van der Waals surface area (Å²) < 4.78 is 3.13. The van der Waals surface area contributed by atoms with Crippen molar-refractivity contribution in [3.63, 3.8) is 0 Å². The molecule has 1 amide bonds. The van der Waals surface area contributed by atoms with E-state index in [1.165, 1.54) is 0 Å². The van der Waals surface area contributed by atoms with Gasteiger partial charge in [-0.05, 0) is 44.2 Å². The van der Waals surface area contributed by atoms with Crippen molar-refractivity contribution in [3.8, 4) is 5.69 Å². The molecule has 7 heteroatoms. The van der Waals surface area contributed by atoms with Crippen molar-refractivity contribution in [1.29, 1.82) is 0 Å². The summed E-state index contributed by atoms with van der Waals surface area (Å²) in [6.07, 6.45) is 2.79. The van der Waals surface area contributed by atoms with Crippen molar-refractivity contribution >= 4 is 17.1 Å². The van der Waals surface area contributed by atoms with Crippen LogP contribution in [0.1, 0.15) is 18.9 Å². The van der Waals surface area contributed by atoms with Gasteiger partial charge in [0.05, 0.1) is 11.2 Å². The summed E-state index contributed by atoms with van der Waals surface area (Å²) >= 11 is 0. The molecule has 7 nitrogen and oxygen atoms in total. The van der Waals surface area contributed by atoms with E-state index in [-0.39, 0.29) is 18.1 Å². The second kappa shape index (κ2) is 8.21. The Bertz CT molecular complexity index is 1060. The summed E-state index contributed by atoms with van der Waals surface area (Å²) in [7, 11) is 0. The molecule has 0 unspecified atom stereocenters. The first-order valence-corrected chi connectivity index (χ1v) is 10.2. The fraction of sp³-hybridized carbons (Fsp3) is 0.409. The summed E-state index contributed by atoms with van der Waals surface area (Å²) in [6.45, 7) is 8.48. The smallest absolute Gasteiger partial charge is 0.335 e. The maximum atomic E-state index is 13.2. The van der Waals surface area contributed by atoms with Crippen molar-refractivity contribution < 1.29 is 4.79 Å². The van der Waals surface area contributed by atoms with E-state index in [1.54, 1.807) is 21.4 Å². The van der Waals surface area contributed by atoms with Crippen molar-refractivity contribution in [2.24, 2.45) is 0 Å². The molecule has 0 spiro atoms. The molecule has 1 saturated heterocycles. The number of fused-ring (bicyclic) bond motifs is 1. The third kappa shape index (κ3) is 3.82. The molecule has 0 N–H and O–H groups in total. The minimum absolute atomic E-state index is 0.0185. The van der Waals surface area contributed by atoms with Crippen LogP contribution in [0.4, 0.5) is 0 Å². The fourth-order valence-corrected chi connectivity index (χ4v) is 3.94. The van der Waals surface area contributed by atoms with Gasteiger partial charge in [-0.2, -0.15) is 0 Å². The molecule has 0 bridgehead atoms. The molecule has 1 fully saturated rings. The van der Waals surface area contributed by atoms with Crippen molar-refractivity contribution in [2.45, 2.75) is 26.8 Å². The Morgan fingerprint density at radius 2 is 1.79 bits per heavy atom. The van der Waals surface area contributed by atoms with E-state index in [2.05, 4.69) is 16.8 Å².